The maximum absolute atomic E-state index is 12.7. The van der Waals surface area contributed by atoms with Gasteiger partial charge in [-0.15, -0.1) is 21.5 Å². The quantitative estimate of drug-likeness (QED) is 0.332. The van der Waals surface area contributed by atoms with Crippen molar-refractivity contribution in [2.45, 2.75) is 18.2 Å². The van der Waals surface area contributed by atoms with E-state index in [1.54, 1.807) is 37.7 Å². The number of hydrogen-bond donors (Lipinski definition) is 1. The number of ether oxygens (including phenoxy) is 2. The minimum atomic E-state index is -0.205. The number of nitrogens with zero attached hydrogens (tertiary/aromatic N) is 2. The van der Waals surface area contributed by atoms with Crippen LogP contribution in [0.15, 0.2) is 69.6 Å². The Balaban J connectivity index is 1.41. The van der Waals surface area contributed by atoms with Crippen LogP contribution in [0.1, 0.15) is 22.0 Å². The largest absolute Gasteiger partial charge is 0.493 e. The first-order valence-electron chi connectivity index (χ1n) is 10.2. The molecule has 0 spiro atoms. The van der Waals surface area contributed by atoms with Crippen molar-refractivity contribution in [1.82, 2.24) is 15.5 Å². The lowest BCUT2D eigenvalue weighted by Gasteiger charge is -2.18. The van der Waals surface area contributed by atoms with Crippen molar-refractivity contribution in [2.24, 2.45) is 0 Å². The zero-order valence-corrected chi connectivity index (χ0v) is 20.0. The number of nitrogens with one attached hydrogen (secondary N) is 1. The third-order valence-electron chi connectivity index (χ3n) is 4.91. The van der Waals surface area contributed by atoms with E-state index < -0.39 is 0 Å². The summed E-state index contributed by atoms with van der Waals surface area (Å²) in [5, 5.41) is 13.6. The van der Waals surface area contributed by atoms with Crippen LogP contribution in [0.4, 0.5) is 0 Å². The van der Waals surface area contributed by atoms with Gasteiger partial charge < -0.3 is 19.2 Å². The Morgan fingerprint density at radius 2 is 1.88 bits per heavy atom. The second-order valence-corrected chi connectivity index (χ2v) is 9.06. The summed E-state index contributed by atoms with van der Waals surface area (Å²) in [5.41, 5.74) is 2.91. The molecule has 33 heavy (non-hydrogen) atoms. The smallest absolute Gasteiger partial charge is 0.277 e. The predicted molar refractivity (Wildman–Crippen MR) is 129 cm³/mol. The Bertz CT molecular complexity index is 1210. The van der Waals surface area contributed by atoms with Crippen molar-refractivity contribution in [2.75, 3.05) is 20.0 Å². The van der Waals surface area contributed by atoms with E-state index in [1.165, 1.54) is 17.3 Å². The first-order chi connectivity index (χ1) is 16.1. The van der Waals surface area contributed by atoms with Gasteiger partial charge in [-0.2, -0.15) is 0 Å². The van der Waals surface area contributed by atoms with Crippen LogP contribution in [0.25, 0.3) is 11.5 Å². The van der Waals surface area contributed by atoms with Gasteiger partial charge in [0, 0.05) is 10.4 Å². The van der Waals surface area contributed by atoms with Gasteiger partial charge in [0.05, 0.1) is 26.0 Å². The molecular weight excluding hydrogens is 458 g/mol. The Morgan fingerprint density at radius 3 is 2.58 bits per heavy atom. The molecule has 0 unspecified atom stereocenters. The van der Waals surface area contributed by atoms with E-state index in [0.29, 0.717) is 28.2 Å². The van der Waals surface area contributed by atoms with Gasteiger partial charge in [-0.05, 0) is 42.1 Å². The number of methoxy groups -OCH3 is 2. The number of rotatable bonds is 9. The molecule has 0 aliphatic carbocycles. The number of amides is 1. The molecule has 7 nitrogen and oxygen atoms in total. The summed E-state index contributed by atoms with van der Waals surface area (Å²) in [4.78, 5) is 13.8. The number of hydrogen-bond acceptors (Lipinski definition) is 8. The molecule has 0 aliphatic rings. The topological polar surface area (TPSA) is 86.5 Å². The SMILES string of the molecule is COc1ccc(-c2nnc(SCC(=O)N[C@@H](c3ccc(C)cc3)c3cccs3)o2)cc1OC. The molecule has 1 amide bonds. The number of carbonyl (C=O) groups excluding carboxylic acids is 1. The molecular formula is C24H23N3O4S2. The molecule has 2 aromatic heterocycles. The Hall–Kier alpha value is -3.30. The van der Waals surface area contributed by atoms with Crippen LogP contribution < -0.4 is 14.8 Å². The van der Waals surface area contributed by atoms with Crippen LogP contribution in [0, 0.1) is 6.92 Å². The number of aryl methyl sites for hydroxylation is 1. The highest BCUT2D eigenvalue weighted by Crippen LogP contribution is 2.33. The minimum absolute atomic E-state index is 0.121. The number of aromatic nitrogens is 2. The summed E-state index contributed by atoms with van der Waals surface area (Å²) in [6, 6.07) is 17.3. The highest BCUT2D eigenvalue weighted by Gasteiger charge is 2.19. The average molecular weight is 482 g/mol. The van der Waals surface area contributed by atoms with E-state index in [4.69, 9.17) is 13.9 Å². The fraction of sp³-hybridized carbons (Fsp3) is 0.208. The van der Waals surface area contributed by atoms with Gasteiger partial charge in [-0.1, -0.05) is 47.7 Å². The molecule has 0 bridgehead atoms. The van der Waals surface area contributed by atoms with Crippen molar-refractivity contribution in [3.8, 4) is 23.0 Å². The van der Waals surface area contributed by atoms with Gasteiger partial charge in [-0.25, -0.2) is 0 Å². The Kier molecular flexibility index (Phi) is 7.31. The summed E-state index contributed by atoms with van der Waals surface area (Å²) in [6.07, 6.45) is 0. The van der Waals surface area contributed by atoms with E-state index in [-0.39, 0.29) is 17.7 Å². The molecule has 0 aliphatic heterocycles. The van der Waals surface area contributed by atoms with Gasteiger partial charge in [0.15, 0.2) is 11.5 Å². The molecule has 0 saturated heterocycles. The molecule has 0 saturated carbocycles. The van der Waals surface area contributed by atoms with E-state index in [9.17, 15) is 4.79 Å². The van der Waals surface area contributed by atoms with Crippen molar-refractivity contribution in [3.05, 3.63) is 76.0 Å². The van der Waals surface area contributed by atoms with E-state index >= 15 is 0 Å². The fourth-order valence-electron chi connectivity index (χ4n) is 3.22. The predicted octanol–water partition coefficient (Wildman–Crippen LogP) is 5.12. The molecule has 170 valence electrons. The van der Waals surface area contributed by atoms with E-state index in [2.05, 4.69) is 15.5 Å². The van der Waals surface area contributed by atoms with Crippen molar-refractivity contribution in [3.63, 3.8) is 0 Å². The maximum atomic E-state index is 12.7. The molecule has 1 N–H and O–H groups in total. The van der Waals surface area contributed by atoms with Crippen LogP contribution >= 0.6 is 23.1 Å². The van der Waals surface area contributed by atoms with Crippen molar-refractivity contribution in [1.29, 1.82) is 0 Å². The van der Waals surface area contributed by atoms with Gasteiger partial charge in [0.2, 0.25) is 11.8 Å². The number of benzene rings is 2. The van der Waals surface area contributed by atoms with Gasteiger partial charge >= 0.3 is 0 Å². The summed E-state index contributed by atoms with van der Waals surface area (Å²) in [6.45, 7) is 2.04. The van der Waals surface area contributed by atoms with E-state index in [1.807, 2.05) is 54.8 Å². The Labute approximate surface area is 200 Å². The first-order valence-corrected chi connectivity index (χ1v) is 12.0. The van der Waals surface area contributed by atoms with Gasteiger partial charge in [-0.3, -0.25) is 4.79 Å². The molecule has 4 rings (SSSR count). The zero-order chi connectivity index (χ0) is 23.2. The fourth-order valence-corrected chi connectivity index (χ4v) is 4.59. The normalized spacial score (nSPS) is 11.7. The monoisotopic (exact) mass is 481 g/mol. The molecule has 9 heteroatoms. The second kappa shape index (κ2) is 10.5. The third-order valence-corrected chi connectivity index (χ3v) is 6.66. The highest BCUT2D eigenvalue weighted by molar-refractivity contribution is 7.99. The van der Waals surface area contributed by atoms with Crippen molar-refractivity contribution < 1.29 is 18.7 Å². The number of thioether (sulfide) groups is 1. The van der Waals surface area contributed by atoms with Crippen LogP contribution in [0.5, 0.6) is 11.5 Å². The Morgan fingerprint density at radius 1 is 1.09 bits per heavy atom. The zero-order valence-electron chi connectivity index (χ0n) is 18.4. The lowest BCUT2D eigenvalue weighted by atomic mass is 10.0. The molecule has 2 heterocycles. The highest BCUT2D eigenvalue weighted by atomic mass is 32.2. The molecule has 0 radical (unpaired) electrons. The number of thiophene rings is 1. The maximum Gasteiger partial charge on any atom is 0.277 e. The van der Waals surface area contributed by atoms with Gasteiger partial charge in [0.25, 0.3) is 5.22 Å². The van der Waals surface area contributed by atoms with Crippen LogP contribution in [-0.4, -0.2) is 36.1 Å². The number of carbonyl (C=O) groups is 1. The van der Waals surface area contributed by atoms with Gasteiger partial charge in [0.1, 0.15) is 0 Å². The summed E-state index contributed by atoms with van der Waals surface area (Å²) in [7, 11) is 3.14. The minimum Gasteiger partial charge on any atom is -0.493 e. The molecule has 2 aromatic carbocycles. The average Bonchev–Trinajstić information content (AvgIpc) is 3.54. The van der Waals surface area contributed by atoms with Crippen LogP contribution in [0.3, 0.4) is 0 Å². The van der Waals surface area contributed by atoms with Crippen LogP contribution in [-0.2, 0) is 4.79 Å². The summed E-state index contributed by atoms with van der Waals surface area (Å²) in [5.74, 6) is 1.56. The first kappa shape index (κ1) is 22.9. The molecule has 4 aromatic rings. The molecule has 0 fully saturated rings. The second-order valence-electron chi connectivity index (χ2n) is 7.16. The van der Waals surface area contributed by atoms with E-state index in [0.717, 1.165) is 10.4 Å². The summed E-state index contributed by atoms with van der Waals surface area (Å²) >= 11 is 2.81. The van der Waals surface area contributed by atoms with Crippen molar-refractivity contribution >= 4 is 29.0 Å². The lowest BCUT2D eigenvalue weighted by molar-refractivity contribution is -0.119. The third kappa shape index (κ3) is 5.55. The van der Waals surface area contributed by atoms with Crippen LogP contribution in [0.2, 0.25) is 0 Å². The lowest BCUT2D eigenvalue weighted by Crippen LogP contribution is -2.30. The summed E-state index contributed by atoms with van der Waals surface area (Å²) < 4.78 is 16.3. The molecule has 1 atom stereocenters. The standard InChI is InChI=1S/C24H23N3O4S2/c1-15-6-8-16(9-7-15)22(20-5-4-12-32-20)25-21(28)14-33-24-27-26-23(31-24)17-10-11-18(29-2)19(13-17)30-3/h4-13,22H,14H2,1-3H3,(H,25,28)/t22-/m0/s1.